The van der Waals surface area contributed by atoms with Gasteiger partial charge in [0.15, 0.2) is 0 Å². The lowest BCUT2D eigenvalue weighted by Gasteiger charge is -2.07. The number of benzene rings is 1. The molecule has 3 nitrogen and oxygen atoms in total. The summed E-state index contributed by atoms with van der Waals surface area (Å²) in [7, 11) is 0. The Kier molecular flexibility index (Phi) is 2.94. The molecule has 0 aliphatic heterocycles. The molecule has 0 saturated carbocycles. The number of rotatable bonds is 3. The van der Waals surface area contributed by atoms with Gasteiger partial charge in [-0.05, 0) is 23.9 Å². The number of hydrogen-bond donors (Lipinski definition) is 2. The molecule has 4 N–H and O–H groups in total. The minimum absolute atomic E-state index is 0.202. The van der Waals surface area contributed by atoms with E-state index < -0.39 is 0 Å². The van der Waals surface area contributed by atoms with Crippen LogP contribution in [0.4, 0.5) is 0 Å². The highest BCUT2D eigenvalue weighted by Gasteiger charge is 2.16. The smallest absolute Gasteiger partial charge is 0.219 e. The molecule has 2 rings (SSSR count). The average molecular weight is 234 g/mol. The molecular weight excluding hydrogens is 220 g/mol. The van der Waals surface area contributed by atoms with Gasteiger partial charge in [0.1, 0.15) is 0 Å². The Labute approximate surface area is 98.1 Å². The fourth-order valence-corrected chi connectivity index (χ4v) is 3.07. The molecule has 0 aliphatic rings. The van der Waals surface area contributed by atoms with Crippen LogP contribution < -0.4 is 11.5 Å². The predicted molar refractivity (Wildman–Crippen MR) is 67.3 cm³/mol. The van der Waals surface area contributed by atoms with Crippen LogP contribution in [0.25, 0.3) is 10.1 Å². The first kappa shape index (κ1) is 11.1. The van der Waals surface area contributed by atoms with Crippen molar-refractivity contribution in [3.05, 3.63) is 34.7 Å². The maximum absolute atomic E-state index is 10.9. The summed E-state index contributed by atoms with van der Waals surface area (Å²) >= 11 is 1.64. The standard InChI is InChI=1S/C12H14N2OS/c1-7-8-4-2-3-5-10(8)16-12(7)9(13)6-11(14)15/h2-5,9H,6,13H2,1H3,(H2,14,15). The molecule has 84 valence electrons. The van der Waals surface area contributed by atoms with E-state index in [2.05, 4.69) is 12.1 Å². The highest BCUT2D eigenvalue weighted by Crippen LogP contribution is 2.34. The zero-order chi connectivity index (χ0) is 11.7. The molecule has 1 atom stereocenters. The minimum Gasteiger partial charge on any atom is -0.370 e. The number of hydrogen-bond acceptors (Lipinski definition) is 3. The first-order valence-corrected chi connectivity index (χ1v) is 5.93. The number of thiophene rings is 1. The Hall–Kier alpha value is -1.39. The van der Waals surface area contributed by atoms with E-state index in [1.807, 2.05) is 19.1 Å². The first-order valence-electron chi connectivity index (χ1n) is 5.11. The van der Waals surface area contributed by atoms with Gasteiger partial charge in [0, 0.05) is 22.0 Å². The number of carbonyl (C=O) groups excluding carboxylic acids is 1. The normalized spacial score (nSPS) is 12.9. The van der Waals surface area contributed by atoms with Gasteiger partial charge in [-0.25, -0.2) is 0 Å². The molecule has 1 aromatic heterocycles. The van der Waals surface area contributed by atoms with Crippen LogP contribution in [-0.4, -0.2) is 5.91 Å². The van der Waals surface area contributed by atoms with Crippen molar-refractivity contribution >= 4 is 27.3 Å². The molecule has 0 aliphatic carbocycles. The molecule has 2 aromatic rings. The maximum Gasteiger partial charge on any atom is 0.219 e. The largest absolute Gasteiger partial charge is 0.370 e. The highest BCUT2D eigenvalue weighted by atomic mass is 32.1. The monoisotopic (exact) mass is 234 g/mol. The molecule has 1 amide bonds. The van der Waals surface area contributed by atoms with Gasteiger partial charge in [0.2, 0.25) is 5.91 Å². The van der Waals surface area contributed by atoms with Crippen molar-refractivity contribution in [2.75, 3.05) is 0 Å². The van der Waals surface area contributed by atoms with Crippen molar-refractivity contribution in [3.8, 4) is 0 Å². The predicted octanol–water partition coefficient (Wildman–Crippen LogP) is 2.08. The van der Waals surface area contributed by atoms with Crippen LogP contribution in [0.15, 0.2) is 24.3 Å². The van der Waals surface area contributed by atoms with E-state index in [1.54, 1.807) is 11.3 Å². The first-order chi connectivity index (χ1) is 7.59. The Morgan fingerprint density at radius 1 is 1.44 bits per heavy atom. The van der Waals surface area contributed by atoms with Crippen molar-refractivity contribution < 1.29 is 4.79 Å². The molecule has 0 radical (unpaired) electrons. The van der Waals surface area contributed by atoms with Gasteiger partial charge < -0.3 is 11.5 Å². The summed E-state index contributed by atoms with van der Waals surface area (Å²) in [6.07, 6.45) is 0.202. The number of aryl methyl sites for hydroxylation is 1. The number of fused-ring (bicyclic) bond motifs is 1. The Morgan fingerprint density at radius 2 is 2.12 bits per heavy atom. The molecule has 0 bridgehead atoms. The molecule has 0 spiro atoms. The van der Waals surface area contributed by atoms with Crippen LogP contribution in [0.2, 0.25) is 0 Å². The molecular formula is C12H14N2OS. The van der Waals surface area contributed by atoms with Gasteiger partial charge >= 0.3 is 0 Å². The molecule has 1 unspecified atom stereocenters. The van der Waals surface area contributed by atoms with Gasteiger partial charge in [0.05, 0.1) is 0 Å². The number of primary amides is 1. The zero-order valence-corrected chi connectivity index (χ0v) is 9.88. The van der Waals surface area contributed by atoms with Gasteiger partial charge in [-0.1, -0.05) is 18.2 Å². The van der Waals surface area contributed by atoms with E-state index in [0.29, 0.717) is 0 Å². The third kappa shape index (κ3) is 1.94. The summed E-state index contributed by atoms with van der Waals surface area (Å²) in [5.74, 6) is -0.357. The zero-order valence-electron chi connectivity index (χ0n) is 9.07. The van der Waals surface area contributed by atoms with Crippen LogP contribution in [0.1, 0.15) is 22.9 Å². The fraction of sp³-hybridized carbons (Fsp3) is 0.250. The number of carbonyl (C=O) groups is 1. The molecule has 0 fully saturated rings. The minimum atomic E-state index is -0.357. The van der Waals surface area contributed by atoms with E-state index in [-0.39, 0.29) is 18.4 Å². The Balaban J connectivity index is 2.45. The lowest BCUT2D eigenvalue weighted by Crippen LogP contribution is -2.20. The second-order valence-electron chi connectivity index (χ2n) is 3.86. The van der Waals surface area contributed by atoms with Gasteiger partial charge in [-0.2, -0.15) is 0 Å². The van der Waals surface area contributed by atoms with Crippen LogP contribution in [0.5, 0.6) is 0 Å². The van der Waals surface area contributed by atoms with E-state index in [1.165, 1.54) is 10.1 Å². The molecule has 1 aromatic carbocycles. The maximum atomic E-state index is 10.9. The van der Waals surface area contributed by atoms with Crippen LogP contribution in [-0.2, 0) is 4.79 Å². The lowest BCUT2D eigenvalue weighted by molar-refractivity contribution is -0.118. The van der Waals surface area contributed by atoms with Crippen LogP contribution in [0, 0.1) is 6.92 Å². The highest BCUT2D eigenvalue weighted by molar-refractivity contribution is 7.19. The third-order valence-electron chi connectivity index (χ3n) is 2.64. The summed E-state index contributed by atoms with van der Waals surface area (Å²) in [6.45, 7) is 2.04. The quantitative estimate of drug-likeness (QED) is 0.853. The molecule has 4 heteroatoms. The summed E-state index contributed by atoms with van der Waals surface area (Å²) in [4.78, 5) is 11.9. The van der Waals surface area contributed by atoms with Crippen molar-refractivity contribution in [2.45, 2.75) is 19.4 Å². The van der Waals surface area contributed by atoms with Gasteiger partial charge in [-0.15, -0.1) is 11.3 Å². The topological polar surface area (TPSA) is 69.1 Å². The van der Waals surface area contributed by atoms with Gasteiger partial charge in [0.25, 0.3) is 0 Å². The second kappa shape index (κ2) is 4.23. The fourth-order valence-electron chi connectivity index (χ4n) is 1.86. The number of nitrogens with two attached hydrogens (primary N) is 2. The molecule has 1 heterocycles. The van der Waals surface area contributed by atoms with Crippen molar-refractivity contribution in [2.24, 2.45) is 11.5 Å². The average Bonchev–Trinajstić information content (AvgIpc) is 2.56. The third-order valence-corrected chi connectivity index (χ3v) is 4.04. The van der Waals surface area contributed by atoms with Crippen molar-refractivity contribution in [1.82, 2.24) is 0 Å². The van der Waals surface area contributed by atoms with E-state index in [0.717, 1.165) is 10.4 Å². The summed E-state index contributed by atoms with van der Waals surface area (Å²) in [5.41, 5.74) is 12.3. The second-order valence-corrected chi connectivity index (χ2v) is 4.95. The molecule has 16 heavy (non-hydrogen) atoms. The summed E-state index contributed by atoms with van der Waals surface area (Å²) in [5, 5.41) is 1.21. The lowest BCUT2D eigenvalue weighted by atomic mass is 10.1. The van der Waals surface area contributed by atoms with Crippen LogP contribution >= 0.6 is 11.3 Å². The summed E-state index contributed by atoms with van der Waals surface area (Å²) in [6, 6.07) is 7.86. The van der Waals surface area contributed by atoms with Crippen molar-refractivity contribution in [3.63, 3.8) is 0 Å². The molecule has 0 saturated heterocycles. The van der Waals surface area contributed by atoms with E-state index in [4.69, 9.17) is 11.5 Å². The number of amides is 1. The Bertz CT molecular complexity index is 533. The van der Waals surface area contributed by atoms with Gasteiger partial charge in [-0.3, -0.25) is 4.79 Å². The van der Waals surface area contributed by atoms with Crippen molar-refractivity contribution in [1.29, 1.82) is 0 Å². The summed E-state index contributed by atoms with van der Waals surface area (Å²) < 4.78 is 1.20. The van der Waals surface area contributed by atoms with E-state index >= 15 is 0 Å². The Morgan fingerprint density at radius 3 is 2.75 bits per heavy atom. The van der Waals surface area contributed by atoms with Crippen LogP contribution in [0.3, 0.4) is 0 Å². The van der Waals surface area contributed by atoms with E-state index in [9.17, 15) is 4.79 Å². The SMILES string of the molecule is Cc1c(C(N)CC(N)=O)sc2ccccc12.